The van der Waals surface area contributed by atoms with E-state index in [-0.39, 0.29) is 12.3 Å². The Hall–Kier alpha value is -5.70. The number of hydrogen-bond donors (Lipinski definition) is 3. The molecule has 9 nitrogen and oxygen atoms in total. The fourth-order valence-corrected chi connectivity index (χ4v) is 4.85. The SMILES string of the molecule is O=C(Cc1ccccc1)Nc1cncc(-c2cc3c(-c4cc5c(-c6ccncc6)cncc5[nH]4)n[nH]c3cn2)c1. The lowest BCUT2D eigenvalue weighted by Crippen LogP contribution is -2.14. The van der Waals surface area contributed by atoms with Gasteiger partial charge in [0.05, 0.1) is 53.1 Å². The van der Waals surface area contributed by atoms with E-state index in [0.717, 1.165) is 61.1 Å². The predicted molar refractivity (Wildman–Crippen MR) is 154 cm³/mol. The van der Waals surface area contributed by atoms with Crippen LogP contribution in [0.5, 0.6) is 0 Å². The average molecular weight is 523 g/mol. The number of H-pyrrole nitrogens is 2. The van der Waals surface area contributed by atoms with Gasteiger partial charge in [0.25, 0.3) is 0 Å². The Kier molecular flexibility index (Phi) is 5.78. The van der Waals surface area contributed by atoms with Crippen LogP contribution in [0.1, 0.15) is 5.56 Å². The lowest BCUT2D eigenvalue weighted by Gasteiger charge is -2.07. The van der Waals surface area contributed by atoms with Crippen LogP contribution in [0.4, 0.5) is 5.69 Å². The second-order valence-corrected chi connectivity index (χ2v) is 9.43. The number of nitrogens with one attached hydrogen (secondary N) is 3. The van der Waals surface area contributed by atoms with Crippen molar-refractivity contribution < 1.29 is 4.79 Å². The monoisotopic (exact) mass is 522 g/mol. The van der Waals surface area contributed by atoms with Crippen molar-refractivity contribution in [2.24, 2.45) is 0 Å². The van der Waals surface area contributed by atoms with Crippen LogP contribution in [0.2, 0.25) is 0 Å². The molecule has 0 radical (unpaired) electrons. The van der Waals surface area contributed by atoms with Gasteiger partial charge >= 0.3 is 0 Å². The number of nitrogens with zero attached hydrogens (tertiary/aromatic N) is 5. The van der Waals surface area contributed by atoms with Crippen molar-refractivity contribution in [3.63, 3.8) is 0 Å². The summed E-state index contributed by atoms with van der Waals surface area (Å²) in [6.45, 7) is 0. The Morgan fingerprint density at radius 3 is 2.50 bits per heavy atom. The molecule has 40 heavy (non-hydrogen) atoms. The van der Waals surface area contributed by atoms with E-state index in [4.69, 9.17) is 0 Å². The van der Waals surface area contributed by atoms with Gasteiger partial charge in [0, 0.05) is 46.7 Å². The summed E-state index contributed by atoms with van der Waals surface area (Å²) >= 11 is 0. The second kappa shape index (κ2) is 9.88. The first-order valence-electron chi connectivity index (χ1n) is 12.7. The summed E-state index contributed by atoms with van der Waals surface area (Å²) in [5.74, 6) is -0.106. The highest BCUT2D eigenvalue weighted by atomic mass is 16.1. The average Bonchev–Trinajstić information content (AvgIpc) is 3.62. The third-order valence-corrected chi connectivity index (χ3v) is 6.76. The number of aromatic nitrogens is 7. The van der Waals surface area contributed by atoms with Crippen LogP contribution in [0.15, 0.2) is 104 Å². The Labute approximate surface area is 228 Å². The van der Waals surface area contributed by atoms with E-state index in [1.807, 2.05) is 67.0 Å². The third kappa shape index (κ3) is 4.45. The molecular formula is C31H22N8O. The molecule has 0 aliphatic rings. The molecule has 0 atom stereocenters. The number of carbonyl (C=O) groups is 1. The van der Waals surface area contributed by atoms with E-state index in [0.29, 0.717) is 5.69 Å². The van der Waals surface area contributed by atoms with Gasteiger partial charge in [-0.3, -0.25) is 29.8 Å². The van der Waals surface area contributed by atoms with Gasteiger partial charge in [-0.1, -0.05) is 30.3 Å². The molecule has 0 spiro atoms. The number of amides is 1. The largest absolute Gasteiger partial charge is 0.352 e. The molecule has 7 aromatic rings. The molecule has 7 rings (SSSR count). The summed E-state index contributed by atoms with van der Waals surface area (Å²) in [5, 5.41) is 12.6. The van der Waals surface area contributed by atoms with Crippen LogP contribution in [-0.2, 0) is 11.2 Å². The Morgan fingerprint density at radius 2 is 1.62 bits per heavy atom. The topological polar surface area (TPSA) is 125 Å². The Balaban J connectivity index is 1.21. The molecule has 0 unspecified atom stereocenters. The minimum atomic E-state index is -0.106. The van der Waals surface area contributed by atoms with Crippen LogP contribution in [-0.4, -0.2) is 41.0 Å². The lowest BCUT2D eigenvalue weighted by molar-refractivity contribution is -0.115. The molecular weight excluding hydrogens is 500 g/mol. The first-order valence-corrected chi connectivity index (χ1v) is 12.7. The molecule has 0 saturated carbocycles. The molecule has 0 aliphatic carbocycles. The standard InChI is InChI=1S/C31H22N8O/c40-30(10-19-4-2-1-3-5-19)36-22-11-21(14-33-15-22)26-13-24-29(18-35-26)38-39-31(24)27-12-23-25(16-34-17-28(23)37-27)20-6-8-32-9-7-20/h1-9,11-18,37H,10H2,(H,36,40)(H,38,39). The second-order valence-electron chi connectivity index (χ2n) is 9.43. The zero-order chi connectivity index (χ0) is 26.9. The van der Waals surface area contributed by atoms with Gasteiger partial charge in [0.1, 0.15) is 5.69 Å². The van der Waals surface area contributed by atoms with Gasteiger partial charge in [-0.2, -0.15) is 5.10 Å². The van der Waals surface area contributed by atoms with Crippen molar-refractivity contribution in [3.05, 3.63) is 110 Å². The fraction of sp³-hybridized carbons (Fsp3) is 0.0323. The molecule has 0 aliphatic heterocycles. The van der Waals surface area contributed by atoms with E-state index in [1.165, 1.54) is 0 Å². The maximum absolute atomic E-state index is 12.6. The highest BCUT2D eigenvalue weighted by Gasteiger charge is 2.15. The minimum Gasteiger partial charge on any atom is -0.352 e. The molecule has 6 heterocycles. The van der Waals surface area contributed by atoms with Gasteiger partial charge in [-0.25, -0.2) is 0 Å². The van der Waals surface area contributed by atoms with E-state index < -0.39 is 0 Å². The van der Waals surface area contributed by atoms with Crippen molar-refractivity contribution >= 4 is 33.4 Å². The van der Waals surface area contributed by atoms with Crippen LogP contribution in [0.25, 0.3) is 55.6 Å². The third-order valence-electron chi connectivity index (χ3n) is 6.76. The smallest absolute Gasteiger partial charge is 0.228 e. The van der Waals surface area contributed by atoms with Crippen LogP contribution >= 0.6 is 0 Å². The maximum atomic E-state index is 12.6. The molecule has 0 fully saturated rings. The summed E-state index contributed by atoms with van der Waals surface area (Å²) in [6, 6.07) is 19.5. The maximum Gasteiger partial charge on any atom is 0.228 e. The number of aromatic amines is 2. The van der Waals surface area contributed by atoms with Crippen LogP contribution in [0, 0.1) is 0 Å². The van der Waals surface area contributed by atoms with E-state index in [2.05, 4.69) is 46.5 Å². The summed E-state index contributed by atoms with van der Waals surface area (Å²) in [7, 11) is 0. The highest BCUT2D eigenvalue weighted by molar-refractivity contribution is 6.01. The Morgan fingerprint density at radius 1 is 0.775 bits per heavy atom. The zero-order valence-corrected chi connectivity index (χ0v) is 21.2. The van der Waals surface area contributed by atoms with E-state index in [1.54, 1.807) is 31.0 Å². The van der Waals surface area contributed by atoms with Gasteiger partial charge in [-0.05, 0) is 41.5 Å². The number of anilines is 1. The molecule has 0 saturated heterocycles. The molecule has 6 aromatic heterocycles. The van der Waals surface area contributed by atoms with Crippen molar-refractivity contribution in [1.82, 2.24) is 35.1 Å². The molecule has 9 heteroatoms. The predicted octanol–water partition coefficient (Wildman–Crippen LogP) is 5.81. The summed E-state index contributed by atoms with van der Waals surface area (Å²) in [6.07, 6.45) is 12.6. The normalized spacial score (nSPS) is 11.2. The number of hydrogen-bond acceptors (Lipinski definition) is 6. The van der Waals surface area contributed by atoms with Crippen molar-refractivity contribution in [2.75, 3.05) is 5.32 Å². The van der Waals surface area contributed by atoms with Crippen molar-refractivity contribution in [1.29, 1.82) is 0 Å². The highest BCUT2D eigenvalue weighted by Crippen LogP contribution is 2.34. The van der Waals surface area contributed by atoms with Gasteiger partial charge < -0.3 is 10.3 Å². The number of pyridine rings is 4. The number of carbonyl (C=O) groups excluding carboxylic acids is 1. The van der Waals surface area contributed by atoms with E-state index >= 15 is 0 Å². The number of fused-ring (bicyclic) bond motifs is 2. The molecule has 1 amide bonds. The first kappa shape index (κ1) is 23.4. The lowest BCUT2D eigenvalue weighted by atomic mass is 10.1. The van der Waals surface area contributed by atoms with Crippen LogP contribution in [0.3, 0.4) is 0 Å². The summed E-state index contributed by atoms with van der Waals surface area (Å²) < 4.78 is 0. The number of rotatable bonds is 6. The molecule has 192 valence electrons. The number of benzene rings is 1. The van der Waals surface area contributed by atoms with Crippen molar-refractivity contribution in [2.45, 2.75) is 6.42 Å². The van der Waals surface area contributed by atoms with E-state index in [9.17, 15) is 4.79 Å². The van der Waals surface area contributed by atoms with Crippen LogP contribution < -0.4 is 5.32 Å². The van der Waals surface area contributed by atoms with Crippen molar-refractivity contribution in [3.8, 4) is 33.8 Å². The zero-order valence-electron chi connectivity index (χ0n) is 21.2. The minimum absolute atomic E-state index is 0.106. The van der Waals surface area contributed by atoms with Gasteiger partial charge in [0.15, 0.2) is 0 Å². The molecule has 3 N–H and O–H groups in total. The fourth-order valence-electron chi connectivity index (χ4n) is 4.85. The Bertz CT molecular complexity index is 1980. The van der Waals surface area contributed by atoms with Gasteiger partial charge in [0.2, 0.25) is 5.91 Å². The summed E-state index contributed by atoms with van der Waals surface area (Å²) in [4.78, 5) is 33.6. The molecule has 1 aromatic carbocycles. The van der Waals surface area contributed by atoms with Gasteiger partial charge in [-0.15, -0.1) is 0 Å². The quantitative estimate of drug-likeness (QED) is 0.253. The summed E-state index contributed by atoms with van der Waals surface area (Å²) in [5.41, 5.74) is 8.48. The first-order chi connectivity index (χ1) is 19.7. The molecule has 0 bridgehead atoms.